The molecule has 5 fully saturated rings. The molecular weight excluding hydrogens is 465 g/mol. The van der Waals surface area contributed by atoms with Crippen molar-refractivity contribution in [1.82, 2.24) is 4.90 Å². The summed E-state index contributed by atoms with van der Waals surface area (Å²) in [6, 6.07) is 0. The van der Waals surface area contributed by atoms with E-state index in [0.29, 0.717) is 26.1 Å². The number of aliphatic carboxylic acids is 1. The number of carbonyl (C=O) groups excluding carboxylic acids is 2. The zero-order valence-electron chi connectivity index (χ0n) is 21.5. The first-order valence-electron chi connectivity index (χ1n) is 12.3. The fourth-order valence-electron chi connectivity index (χ4n) is 6.63. The molecule has 9 nitrogen and oxygen atoms in total. The van der Waals surface area contributed by atoms with Gasteiger partial charge in [-0.05, 0) is 52.9 Å². The van der Waals surface area contributed by atoms with E-state index in [1.54, 1.807) is 12.0 Å². The van der Waals surface area contributed by atoms with Crippen LogP contribution in [0.3, 0.4) is 0 Å². The third-order valence-corrected chi connectivity index (χ3v) is 8.56. The Labute approximate surface area is 229 Å². The van der Waals surface area contributed by atoms with Gasteiger partial charge in [-0.1, -0.05) is 11.6 Å². The normalized spacial score (nSPS) is 38.7. The molecule has 2 saturated carbocycles. The fourth-order valence-corrected chi connectivity index (χ4v) is 6.63. The first-order valence-corrected chi connectivity index (χ1v) is 12.3. The van der Waals surface area contributed by atoms with Crippen LogP contribution in [0.5, 0.6) is 0 Å². The summed E-state index contributed by atoms with van der Waals surface area (Å²) in [5, 5.41) is 10.5. The molecule has 190 valence electrons. The topological polar surface area (TPSA) is 113 Å². The molecule has 0 aromatic carbocycles. The molecule has 6 atom stereocenters. The van der Waals surface area contributed by atoms with Gasteiger partial charge in [0.2, 0.25) is 0 Å². The molecular formula is C25H36NNaO8. The van der Waals surface area contributed by atoms with E-state index in [9.17, 15) is 14.7 Å². The molecule has 0 bridgehead atoms. The molecule has 0 unspecified atom stereocenters. The molecule has 0 radical (unpaired) electrons. The van der Waals surface area contributed by atoms with Gasteiger partial charge in [0, 0.05) is 25.6 Å². The van der Waals surface area contributed by atoms with E-state index in [0.717, 1.165) is 25.7 Å². The molecule has 3 heterocycles. The van der Waals surface area contributed by atoms with Crippen LogP contribution in [0.4, 0.5) is 4.79 Å². The molecule has 0 aromatic heterocycles. The number of nitrogens with zero attached hydrogens (tertiary/aromatic N) is 1. The van der Waals surface area contributed by atoms with Crippen LogP contribution >= 0.6 is 0 Å². The van der Waals surface area contributed by atoms with Gasteiger partial charge in [-0.15, -0.1) is 0 Å². The number of epoxide rings is 2. The van der Waals surface area contributed by atoms with Crippen molar-refractivity contribution in [2.24, 2.45) is 11.3 Å². The number of carboxylic acid groups (broad SMARTS) is 1. The van der Waals surface area contributed by atoms with Gasteiger partial charge >= 0.3 is 35.7 Å². The molecule has 3 aliphatic heterocycles. The first kappa shape index (κ1) is 27.4. The molecule has 0 N–H and O–H groups in total. The van der Waals surface area contributed by atoms with Crippen LogP contribution in [-0.4, -0.2) is 86.0 Å². The predicted molar refractivity (Wildman–Crippen MR) is 118 cm³/mol. The van der Waals surface area contributed by atoms with E-state index < -0.39 is 5.97 Å². The van der Waals surface area contributed by atoms with Crippen molar-refractivity contribution in [1.29, 1.82) is 0 Å². The van der Waals surface area contributed by atoms with E-state index in [-0.39, 0.29) is 89.2 Å². The average Bonchev–Trinajstić information content (AvgIpc) is 3.62. The Kier molecular flexibility index (Phi) is 7.73. The molecule has 35 heavy (non-hydrogen) atoms. The summed E-state index contributed by atoms with van der Waals surface area (Å²) >= 11 is 0. The summed E-state index contributed by atoms with van der Waals surface area (Å²) in [7, 11) is 1.68. The van der Waals surface area contributed by atoms with E-state index >= 15 is 0 Å². The second-order valence-corrected chi connectivity index (χ2v) is 11.4. The van der Waals surface area contributed by atoms with E-state index in [1.165, 1.54) is 5.57 Å². The summed E-state index contributed by atoms with van der Waals surface area (Å²) in [5.41, 5.74) is 0.696. The van der Waals surface area contributed by atoms with Gasteiger partial charge in [0.25, 0.3) is 0 Å². The predicted octanol–water partition coefficient (Wildman–Crippen LogP) is -1.57. The molecule has 2 aliphatic carbocycles. The van der Waals surface area contributed by atoms with E-state index in [4.69, 9.17) is 23.7 Å². The summed E-state index contributed by atoms with van der Waals surface area (Å²) in [4.78, 5) is 25.2. The number of likely N-dealkylation sites (tertiary alicyclic amines) is 1. The third kappa shape index (κ3) is 5.19. The Morgan fingerprint density at radius 1 is 1.23 bits per heavy atom. The number of amides is 1. The quantitative estimate of drug-likeness (QED) is 0.223. The van der Waals surface area contributed by atoms with Crippen LogP contribution in [0.2, 0.25) is 0 Å². The van der Waals surface area contributed by atoms with E-state index in [2.05, 4.69) is 26.8 Å². The summed E-state index contributed by atoms with van der Waals surface area (Å²) in [6.07, 6.45) is 5.20. The summed E-state index contributed by atoms with van der Waals surface area (Å²) < 4.78 is 29.4. The Bertz CT molecular complexity index is 858. The van der Waals surface area contributed by atoms with Gasteiger partial charge in [0.05, 0.1) is 37.3 Å². The number of hydrogen-bond donors (Lipinski definition) is 0. The molecule has 0 aromatic rings. The molecule has 5 rings (SSSR count). The van der Waals surface area contributed by atoms with Crippen molar-refractivity contribution >= 4 is 12.1 Å². The van der Waals surface area contributed by atoms with Crippen molar-refractivity contribution in [3.05, 3.63) is 11.6 Å². The van der Waals surface area contributed by atoms with Crippen LogP contribution in [0.15, 0.2) is 11.6 Å². The van der Waals surface area contributed by atoms with Gasteiger partial charge in [-0.25, -0.2) is 4.79 Å². The monoisotopic (exact) mass is 501 g/mol. The van der Waals surface area contributed by atoms with Crippen molar-refractivity contribution in [3.8, 4) is 0 Å². The van der Waals surface area contributed by atoms with Crippen molar-refractivity contribution in [2.45, 2.75) is 88.5 Å². The Morgan fingerprint density at radius 2 is 1.91 bits per heavy atom. The maximum Gasteiger partial charge on any atom is 1.00 e. The van der Waals surface area contributed by atoms with Crippen molar-refractivity contribution in [3.63, 3.8) is 0 Å². The first-order chi connectivity index (χ1) is 16.1. The van der Waals surface area contributed by atoms with Crippen LogP contribution < -0.4 is 34.7 Å². The number of allylic oxidation sites excluding steroid dienone is 1. The molecule has 2 spiro atoms. The van der Waals surface area contributed by atoms with E-state index in [1.807, 2.05) is 0 Å². The third-order valence-electron chi connectivity index (χ3n) is 8.56. The van der Waals surface area contributed by atoms with Gasteiger partial charge in [0.15, 0.2) is 0 Å². The van der Waals surface area contributed by atoms with Crippen LogP contribution in [0.1, 0.15) is 52.9 Å². The Balaban J connectivity index is 0.00000289. The fraction of sp³-hybridized carbons (Fsp3) is 0.840. The van der Waals surface area contributed by atoms with Gasteiger partial charge in [-0.2, -0.15) is 0 Å². The van der Waals surface area contributed by atoms with Crippen LogP contribution in [0, 0.1) is 11.3 Å². The summed E-state index contributed by atoms with van der Waals surface area (Å²) in [6.45, 7) is 7.86. The van der Waals surface area contributed by atoms with Crippen molar-refractivity contribution < 1.29 is 67.9 Å². The van der Waals surface area contributed by atoms with Gasteiger partial charge in [-0.3, -0.25) is 0 Å². The number of hydrogen-bond acceptors (Lipinski definition) is 8. The molecule has 3 saturated heterocycles. The maximum absolute atomic E-state index is 12.9. The van der Waals surface area contributed by atoms with Crippen LogP contribution in [0.25, 0.3) is 0 Å². The number of methoxy groups -OCH3 is 1. The number of carbonyl (C=O) groups is 2. The molecule has 10 heteroatoms. The SMILES string of the molecule is CO[C@@H]1[C@H](OC(=O)N2CC3(CC(OCC(=O)[O-])C3)C2)CC[C@]2(CO2)[C@H]1[C@@]1(C)O[C@@H]1CC=C(C)C.[Na+]. The second-order valence-electron chi connectivity index (χ2n) is 11.4. The second kappa shape index (κ2) is 9.89. The molecule has 5 aliphatic rings. The van der Waals surface area contributed by atoms with Gasteiger partial charge < -0.3 is 38.5 Å². The molecule has 1 amide bonds. The van der Waals surface area contributed by atoms with Gasteiger partial charge in [0.1, 0.15) is 23.4 Å². The minimum Gasteiger partial charge on any atom is -0.548 e. The smallest absolute Gasteiger partial charge is 0.548 e. The van der Waals surface area contributed by atoms with Crippen LogP contribution in [-0.2, 0) is 28.5 Å². The average molecular weight is 502 g/mol. The zero-order valence-corrected chi connectivity index (χ0v) is 23.5. The minimum atomic E-state index is -1.20. The standard InChI is InChI=1S/C25H37NO8.Na/c1-15(2)5-6-18-23(3,34-18)21-20(30-4)17(7-8-25(21)14-32-25)33-22(29)26-12-24(13-26)9-16(10-24)31-11-19(27)28;/h5,16-18,20-21H,6-14H2,1-4H3,(H,27,28);/q;+1/p-1/t17-,18-,20-,21-,23+,25+;/m1./s1. The summed E-state index contributed by atoms with van der Waals surface area (Å²) in [5.74, 6) is -1.20. The minimum absolute atomic E-state index is 0. The van der Waals surface area contributed by atoms with Crippen molar-refractivity contribution in [2.75, 3.05) is 33.4 Å². The largest absolute Gasteiger partial charge is 1.00 e. The maximum atomic E-state index is 12.9. The Morgan fingerprint density at radius 3 is 2.49 bits per heavy atom. The number of rotatable bonds is 8. The number of carboxylic acids is 1. The zero-order chi connectivity index (χ0) is 24.3. The number of ether oxygens (including phenoxy) is 5. The Hall–Kier alpha value is -0.680.